The minimum Gasteiger partial charge on any atom is -0.380 e. The molecule has 1 aromatic heterocycles. The van der Waals surface area contributed by atoms with Crippen molar-refractivity contribution in [2.45, 2.75) is 58.7 Å². The Morgan fingerprint density at radius 2 is 1.86 bits per heavy atom. The summed E-state index contributed by atoms with van der Waals surface area (Å²) in [5.74, 6) is 1.83. The Balaban J connectivity index is 1.17. The van der Waals surface area contributed by atoms with Crippen molar-refractivity contribution in [2.75, 3.05) is 44.8 Å². The molecule has 1 aromatic carbocycles. The molecule has 1 unspecified atom stereocenters. The number of benzene rings is 1. The van der Waals surface area contributed by atoms with Crippen molar-refractivity contribution in [1.82, 2.24) is 14.9 Å². The van der Waals surface area contributed by atoms with Crippen LogP contribution in [0.25, 0.3) is 0 Å². The minimum absolute atomic E-state index is 0.0774. The molecule has 2 saturated heterocycles. The van der Waals surface area contributed by atoms with Crippen LogP contribution >= 0.6 is 0 Å². The maximum absolute atomic E-state index is 14.6. The Kier molecular flexibility index (Phi) is 9.64. The number of hydrogen-bond donors (Lipinski definition) is 0. The fourth-order valence-corrected chi connectivity index (χ4v) is 5.18. The van der Waals surface area contributed by atoms with Crippen molar-refractivity contribution in [1.29, 1.82) is 0 Å². The standard InChI is InChI=1S/C28H39FN4O3/c1-3-23(24-7-12-33(13-8-24)28-30-17-22(18-31-28)19-35-2)9-14-36-20-25-6-5-21(15-26(25)29)16-27(34)32-10-4-11-32/h5-6,15,17-18,23-24H,3-4,7-14,16,19-20H2,1-2H3. The maximum Gasteiger partial charge on any atom is 0.226 e. The van der Waals surface area contributed by atoms with Crippen molar-refractivity contribution in [3.8, 4) is 0 Å². The summed E-state index contributed by atoms with van der Waals surface area (Å²) < 4.78 is 25.6. The molecule has 196 valence electrons. The van der Waals surface area contributed by atoms with Gasteiger partial charge in [-0.3, -0.25) is 4.79 Å². The van der Waals surface area contributed by atoms with E-state index in [1.54, 1.807) is 13.2 Å². The van der Waals surface area contributed by atoms with Crippen LogP contribution in [0.5, 0.6) is 0 Å². The molecule has 2 aliphatic rings. The smallest absolute Gasteiger partial charge is 0.226 e. The molecule has 0 aliphatic carbocycles. The van der Waals surface area contributed by atoms with E-state index in [2.05, 4.69) is 21.8 Å². The molecule has 7 nitrogen and oxygen atoms in total. The van der Waals surface area contributed by atoms with Crippen LogP contribution in [0.4, 0.5) is 10.3 Å². The zero-order chi connectivity index (χ0) is 25.3. The highest BCUT2D eigenvalue weighted by atomic mass is 19.1. The number of carbonyl (C=O) groups is 1. The van der Waals surface area contributed by atoms with Crippen LogP contribution in [0.2, 0.25) is 0 Å². The highest BCUT2D eigenvalue weighted by molar-refractivity contribution is 5.79. The monoisotopic (exact) mass is 498 g/mol. The quantitative estimate of drug-likeness (QED) is 0.405. The molecule has 1 atom stereocenters. The zero-order valence-electron chi connectivity index (χ0n) is 21.6. The topological polar surface area (TPSA) is 67.8 Å². The fraction of sp³-hybridized carbons (Fsp3) is 0.607. The molecule has 0 spiro atoms. The Labute approximate surface area is 214 Å². The molecule has 2 fully saturated rings. The molecule has 2 aliphatic heterocycles. The summed E-state index contributed by atoms with van der Waals surface area (Å²) in [6.07, 6.45) is 9.34. The maximum atomic E-state index is 14.6. The van der Waals surface area contributed by atoms with Crippen molar-refractivity contribution in [3.05, 3.63) is 53.1 Å². The number of hydrogen-bond acceptors (Lipinski definition) is 6. The van der Waals surface area contributed by atoms with Crippen molar-refractivity contribution < 1.29 is 18.7 Å². The SMILES string of the molecule is CCC(CCOCc1ccc(CC(=O)N2CCC2)cc1F)C1CCN(c2ncc(COC)cn2)CC1. The summed E-state index contributed by atoms with van der Waals surface area (Å²) in [5.41, 5.74) is 2.25. The summed E-state index contributed by atoms with van der Waals surface area (Å²) >= 11 is 0. The Morgan fingerprint density at radius 3 is 2.47 bits per heavy atom. The summed E-state index contributed by atoms with van der Waals surface area (Å²) in [4.78, 5) is 25.2. The van der Waals surface area contributed by atoms with E-state index in [0.29, 0.717) is 30.6 Å². The van der Waals surface area contributed by atoms with Gasteiger partial charge in [-0.15, -0.1) is 0 Å². The van der Waals surface area contributed by atoms with E-state index in [-0.39, 0.29) is 24.8 Å². The van der Waals surface area contributed by atoms with Crippen LogP contribution in [-0.2, 0) is 33.9 Å². The number of aromatic nitrogens is 2. The molecule has 0 saturated carbocycles. The lowest BCUT2D eigenvalue weighted by Crippen LogP contribution is -2.42. The van der Waals surface area contributed by atoms with Crippen molar-refractivity contribution in [3.63, 3.8) is 0 Å². The first kappa shape index (κ1) is 26.5. The third-order valence-electron chi connectivity index (χ3n) is 7.59. The van der Waals surface area contributed by atoms with Crippen molar-refractivity contribution >= 4 is 11.9 Å². The number of nitrogens with zero attached hydrogens (tertiary/aromatic N) is 4. The number of halogens is 1. The molecule has 36 heavy (non-hydrogen) atoms. The van der Waals surface area contributed by atoms with Gasteiger partial charge in [-0.05, 0) is 49.1 Å². The molecule has 4 rings (SSSR count). The van der Waals surface area contributed by atoms with E-state index in [1.807, 2.05) is 23.4 Å². The van der Waals surface area contributed by atoms with Gasteiger partial charge < -0.3 is 19.3 Å². The average molecular weight is 499 g/mol. The van der Waals surface area contributed by atoms with Gasteiger partial charge in [0.2, 0.25) is 11.9 Å². The lowest BCUT2D eigenvalue weighted by atomic mass is 9.81. The molecule has 3 heterocycles. The van der Waals surface area contributed by atoms with Gasteiger partial charge in [0.15, 0.2) is 0 Å². The Morgan fingerprint density at radius 1 is 1.11 bits per heavy atom. The molecular formula is C28H39FN4O3. The van der Waals surface area contributed by atoms with E-state index in [1.165, 1.54) is 6.07 Å². The second-order valence-corrected chi connectivity index (χ2v) is 10.00. The van der Waals surface area contributed by atoms with Gasteiger partial charge in [0.1, 0.15) is 5.82 Å². The van der Waals surface area contributed by atoms with Crippen LogP contribution in [-0.4, -0.2) is 60.7 Å². The third kappa shape index (κ3) is 7.01. The van der Waals surface area contributed by atoms with Gasteiger partial charge in [0.25, 0.3) is 0 Å². The first-order chi connectivity index (χ1) is 17.6. The van der Waals surface area contributed by atoms with Gasteiger partial charge in [0.05, 0.1) is 19.6 Å². The van der Waals surface area contributed by atoms with Crippen LogP contribution in [0, 0.1) is 17.7 Å². The molecule has 0 bridgehead atoms. The predicted octanol–water partition coefficient (Wildman–Crippen LogP) is 4.39. The van der Waals surface area contributed by atoms with Crippen LogP contribution in [0.1, 0.15) is 55.7 Å². The van der Waals surface area contributed by atoms with E-state index >= 15 is 0 Å². The van der Waals surface area contributed by atoms with Gasteiger partial charge in [0, 0.05) is 63.4 Å². The normalized spacial score (nSPS) is 17.2. The first-order valence-electron chi connectivity index (χ1n) is 13.2. The molecular weight excluding hydrogens is 459 g/mol. The predicted molar refractivity (Wildman–Crippen MR) is 137 cm³/mol. The van der Waals surface area contributed by atoms with Crippen LogP contribution in [0.3, 0.4) is 0 Å². The summed E-state index contributed by atoms with van der Waals surface area (Å²) in [5, 5.41) is 0. The van der Waals surface area contributed by atoms with Gasteiger partial charge in [-0.1, -0.05) is 25.5 Å². The zero-order valence-corrected chi connectivity index (χ0v) is 21.6. The number of anilines is 1. The second kappa shape index (κ2) is 13.1. The lowest BCUT2D eigenvalue weighted by Gasteiger charge is -2.36. The van der Waals surface area contributed by atoms with E-state index in [0.717, 1.165) is 75.4 Å². The number of ether oxygens (including phenoxy) is 2. The van der Waals surface area contributed by atoms with E-state index in [9.17, 15) is 9.18 Å². The Hall–Kier alpha value is -2.58. The molecule has 8 heteroatoms. The summed E-state index contributed by atoms with van der Waals surface area (Å²) in [6.45, 7) is 7.22. The number of rotatable bonds is 12. The highest BCUT2D eigenvalue weighted by Crippen LogP contribution is 2.31. The molecule has 1 amide bonds. The minimum atomic E-state index is -0.291. The lowest BCUT2D eigenvalue weighted by molar-refractivity contribution is -0.133. The number of likely N-dealkylation sites (tertiary alicyclic amines) is 1. The van der Waals surface area contributed by atoms with Gasteiger partial charge in [-0.2, -0.15) is 0 Å². The number of carbonyl (C=O) groups excluding carboxylic acids is 1. The largest absolute Gasteiger partial charge is 0.380 e. The number of amides is 1. The second-order valence-electron chi connectivity index (χ2n) is 10.00. The summed E-state index contributed by atoms with van der Waals surface area (Å²) in [7, 11) is 1.67. The molecule has 2 aromatic rings. The Bertz CT molecular complexity index is 975. The van der Waals surface area contributed by atoms with E-state index in [4.69, 9.17) is 9.47 Å². The number of methoxy groups -OCH3 is 1. The molecule has 0 N–H and O–H groups in total. The van der Waals surface area contributed by atoms with Crippen LogP contribution in [0.15, 0.2) is 30.6 Å². The fourth-order valence-electron chi connectivity index (χ4n) is 5.18. The van der Waals surface area contributed by atoms with E-state index < -0.39 is 0 Å². The third-order valence-corrected chi connectivity index (χ3v) is 7.59. The van der Waals surface area contributed by atoms with Gasteiger partial charge >= 0.3 is 0 Å². The molecule has 0 radical (unpaired) electrons. The van der Waals surface area contributed by atoms with Gasteiger partial charge in [-0.25, -0.2) is 14.4 Å². The number of piperidine rings is 1. The average Bonchev–Trinajstić information content (AvgIpc) is 2.85. The highest BCUT2D eigenvalue weighted by Gasteiger charge is 2.26. The summed E-state index contributed by atoms with van der Waals surface area (Å²) in [6, 6.07) is 5.08. The van der Waals surface area contributed by atoms with Crippen LogP contribution < -0.4 is 4.90 Å². The van der Waals surface area contributed by atoms with Crippen molar-refractivity contribution in [2.24, 2.45) is 11.8 Å². The first-order valence-corrected chi connectivity index (χ1v) is 13.2.